The van der Waals surface area contributed by atoms with Crippen molar-refractivity contribution in [2.45, 2.75) is 0 Å². The SMILES string of the molecule is COC(=O)c1ccc2[nH]cc(/C=C/[N+](=O)[O-])c2c1. The summed E-state index contributed by atoms with van der Waals surface area (Å²) in [6, 6.07) is 4.99. The van der Waals surface area contributed by atoms with Crippen LogP contribution < -0.4 is 0 Å². The lowest BCUT2D eigenvalue weighted by molar-refractivity contribution is -0.400. The van der Waals surface area contributed by atoms with Crippen molar-refractivity contribution in [1.82, 2.24) is 4.98 Å². The molecule has 1 heterocycles. The zero-order valence-electron chi connectivity index (χ0n) is 9.54. The fourth-order valence-corrected chi connectivity index (χ4v) is 1.67. The van der Waals surface area contributed by atoms with Crippen molar-refractivity contribution >= 4 is 22.9 Å². The number of methoxy groups -OCH3 is 1. The van der Waals surface area contributed by atoms with Crippen LogP contribution >= 0.6 is 0 Å². The van der Waals surface area contributed by atoms with Crippen LogP contribution in [0, 0.1) is 10.1 Å². The number of carbonyl (C=O) groups is 1. The summed E-state index contributed by atoms with van der Waals surface area (Å²) in [5, 5.41) is 11.0. The highest BCUT2D eigenvalue weighted by atomic mass is 16.6. The maximum atomic E-state index is 11.4. The lowest BCUT2D eigenvalue weighted by atomic mass is 10.1. The van der Waals surface area contributed by atoms with E-state index in [0.717, 1.165) is 17.1 Å². The summed E-state index contributed by atoms with van der Waals surface area (Å²) in [4.78, 5) is 24.1. The van der Waals surface area contributed by atoms with Crippen LogP contribution in [0.15, 0.2) is 30.6 Å². The minimum Gasteiger partial charge on any atom is -0.465 e. The quantitative estimate of drug-likeness (QED) is 0.511. The van der Waals surface area contributed by atoms with Crippen molar-refractivity contribution in [3.05, 3.63) is 51.8 Å². The second kappa shape index (κ2) is 4.70. The number of nitro groups is 1. The highest BCUT2D eigenvalue weighted by Crippen LogP contribution is 2.21. The second-order valence-corrected chi connectivity index (χ2v) is 3.60. The number of fused-ring (bicyclic) bond motifs is 1. The first-order valence-corrected chi connectivity index (χ1v) is 5.13. The molecule has 0 aliphatic carbocycles. The number of rotatable bonds is 3. The van der Waals surface area contributed by atoms with Crippen molar-refractivity contribution in [1.29, 1.82) is 0 Å². The van der Waals surface area contributed by atoms with Crippen LogP contribution in [-0.2, 0) is 4.74 Å². The Morgan fingerprint density at radius 2 is 2.28 bits per heavy atom. The summed E-state index contributed by atoms with van der Waals surface area (Å²) in [5.74, 6) is -0.442. The van der Waals surface area contributed by atoms with Gasteiger partial charge < -0.3 is 9.72 Å². The van der Waals surface area contributed by atoms with Gasteiger partial charge in [0.1, 0.15) is 0 Å². The van der Waals surface area contributed by atoms with E-state index in [2.05, 4.69) is 9.72 Å². The van der Waals surface area contributed by atoms with Gasteiger partial charge in [-0.05, 0) is 18.2 Å². The standard InChI is InChI=1S/C12H10N2O4/c1-18-12(15)8-2-3-11-10(6-8)9(7-13-11)4-5-14(16)17/h2-7,13H,1H3/b5-4+. The van der Waals surface area contributed by atoms with E-state index in [1.54, 1.807) is 24.4 Å². The molecule has 0 saturated carbocycles. The maximum Gasteiger partial charge on any atom is 0.337 e. The van der Waals surface area contributed by atoms with Gasteiger partial charge in [-0.1, -0.05) is 0 Å². The van der Waals surface area contributed by atoms with E-state index < -0.39 is 10.9 Å². The largest absolute Gasteiger partial charge is 0.465 e. The van der Waals surface area contributed by atoms with E-state index in [-0.39, 0.29) is 0 Å². The molecule has 1 aromatic heterocycles. The molecule has 2 aromatic rings. The smallest absolute Gasteiger partial charge is 0.337 e. The summed E-state index contributed by atoms with van der Waals surface area (Å²) in [6.07, 6.45) is 3.87. The van der Waals surface area contributed by atoms with Gasteiger partial charge in [0.05, 0.1) is 17.6 Å². The van der Waals surface area contributed by atoms with E-state index in [1.807, 2.05) is 0 Å². The van der Waals surface area contributed by atoms with E-state index >= 15 is 0 Å². The van der Waals surface area contributed by atoms with Crippen LogP contribution in [0.1, 0.15) is 15.9 Å². The van der Waals surface area contributed by atoms with Crippen LogP contribution in [-0.4, -0.2) is 23.0 Å². The fourth-order valence-electron chi connectivity index (χ4n) is 1.67. The number of hydrogen-bond donors (Lipinski definition) is 1. The molecule has 0 saturated heterocycles. The van der Waals surface area contributed by atoms with E-state index in [0.29, 0.717) is 11.1 Å². The number of nitrogens with one attached hydrogen (secondary N) is 1. The molecule has 1 N–H and O–H groups in total. The van der Waals surface area contributed by atoms with Crippen molar-refractivity contribution in [3.8, 4) is 0 Å². The Kier molecular flexibility index (Phi) is 3.09. The van der Waals surface area contributed by atoms with Gasteiger partial charge in [0.25, 0.3) is 0 Å². The zero-order valence-corrected chi connectivity index (χ0v) is 9.54. The Morgan fingerprint density at radius 3 is 2.94 bits per heavy atom. The van der Waals surface area contributed by atoms with Crippen molar-refractivity contribution in [2.24, 2.45) is 0 Å². The summed E-state index contributed by atoms with van der Waals surface area (Å²) < 4.78 is 4.62. The summed E-state index contributed by atoms with van der Waals surface area (Å²) in [5.41, 5.74) is 1.85. The molecule has 6 heteroatoms. The molecule has 0 bridgehead atoms. The molecule has 6 nitrogen and oxygen atoms in total. The molecule has 0 aliphatic rings. The summed E-state index contributed by atoms with van der Waals surface area (Å²) in [7, 11) is 1.30. The molecule has 0 unspecified atom stereocenters. The van der Waals surface area contributed by atoms with Crippen molar-refractivity contribution in [2.75, 3.05) is 7.11 Å². The normalized spacial score (nSPS) is 10.9. The Bertz CT molecular complexity index is 643. The Balaban J connectivity index is 2.49. The number of carbonyl (C=O) groups excluding carboxylic acids is 1. The second-order valence-electron chi connectivity index (χ2n) is 3.60. The highest BCUT2D eigenvalue weighted by Gasteiger charge is 2.08. The molecular weight excluding hydrogens is 236 g/mol. The molecule has 1 aromatic carbocycles. The first kappa shape index (κ1) is 11.8. The predicted octanol–water partition coefficient (Wildman–Crippen LogP) is 2.20. The molecule has 18 heavy (non-hydrogen) atoms. The minimum absolute atomic E-state index is 0.403. The van der Waals surface area contributed by atoms with E-state index in [1.165, 1.54) is 13.2 Å². The van der Waals surface area contributed by atoms with Crippen molar-refractivity contribution < 1.29 is 14.5 Å². The molecule has 0 radical (unpaired) electrons. The van der Waals surface area contributed by atoms with Gasteiger partial charge in [0.2, 0.25) is 6.20 Å². The molecule has 0 amide bonds. The van der Waals surface area contributed by atoms with Crippen LogP contribution in [0.2, 0.25) is 0 Å². The summed E-state index contributed by atoms with van der Waals surface area (Å²) in [6.45, 7) is 0. The number of esters is 1. The van der Waals surface area contributed by atoms with Gasteiger partial charge >= 0.3 is 5.97 Å². The molecule has 0 spiro atoms. The molecule has 0 aliphatic heterocycles. The Labute approximate surface area is 102 Å². The number of H-pyrrole nitrogens is 1. The topological polar surface area (TPSA) is 85.2 Å². The molecule has 0 atom stereocenters. The van der Waals surface area contributed by atoms with Gasteiger partial charge in [-0.15, -0.1) is 0 Å². The lowest BCUT2D eigenvalue weighted by Gasteiger charge is -1.99. The third-order valence-corrected chi connectivity index (χ3v) is 2.51. The van der Waals surface area contributed by atoms with Gasteiger partial charge in [0, 0.05) is 28.7 Å². The highest BCUT2D eigenvalue weighted by molar-refractivity contribution is 5.97. The molecule has 2 rings (SSSR count). The zero-order chi connectivity index (χ0) is 13.1. The number of nitrogens with zero attached hydrogens (tertiary/aromatic N) is 1. The number of ether oxygens (including phenoxy) is 1. The van der Waals surface area contributed by atoms with Gasteiger partial charge in [-0.25, -0.2) is 4.79 Å². The lowest BCUT2D eigenvalue weighted by Crippen LogP contribution is -2.00. The average molecular weight is 246 g/mol. The monoisotopic (exact) mass is 246 g/mol. The number of benzene rings is 1. The van der Waals surface area contributed by atoms with Crippen LogP contribution in [0.3, 0.4) is 0 Å². The van der Waals surface area contributed by atoms with Crippen LogP contribution in [0.5, 0.6) is 0 Å². The van der Waals surface area contributed by atoms with Crippen LogP contribution in [0.25, 0.3) is 17.0 Å². The maximum absolute atomic E-state index is 11.4. The van der Waals surface area contributed by atoms with Crippen LogP contribution in [0.4, 0.5) is 0 Å². The van der Waals surface area contributed by atoms with Gasteiger partial charge in [-0.3, -0.25) is 10.1 Å². The third kappa shape index (κ3) is 2.22. The summed E-state index contributed by atoms with van der Waals surface area (Å²) >= 11 is 0. The van der Waals surface area contributed by atoms with Gasteiger partial charge in [-0.2, -0.15) is 0 Å². The fraction of sp³-hybridized carbons (Fsp3) is 0.0833. The minimum atomic E-state index is -0.539. The third-order valence-electron chi connectivity index (χ3n) is 2.51. The van der Waals surface area contributed by atoms with Crippen molar-refractivity contribution in [3.63, 3.8) is 0 Å². The molecular formula is C12H10N2O4. The molecule has 0 fully saturated rings. The first-order chi connectivity index (χ1) is 8.61. The average Bonchev–Trinajstić information content (AvgIpc) is 2.77. The number of hydrogen-bond acceptors (Lipinski definition) is 4. The Hall–Kier alpha value is -2.63. The van der Waals surface area contributed by atoms with Gasteiger partial charge in [0.15, 0.2) is 0 Å². The molecule has 92 valence electrons. The number of aromatic nitrogens is 1. The van der Waals surface area contributed by atoms with E-state index in [9.17, 15) is 14.9 Å². The predicted molar refractivity (Wildman–Crippen MR) is 65.7 cm³/mol. The van der Waals surface area contributed by atoms with E-state index in [4.69, 9.17) is 0 Å². The Morgan fingerprint density at radius 1 is 1.50 bits per heavy atom. The first-order valence-electron chi connectivity index (χ1n) is 5.13. The number of aromatic amines is 1.